The first-order valence-corrected chi connectivity index (χ1v) is 5.16. The number of hydrogen-bond donors (Lipinski definition) is 1. The monoisotopic (exact) mass is 256 g/mol. The summed E-state index contributed by atoms with van der Waals surface area (Å²) in [4.78, 5) is 10.4. The minimum Gasteiger partial charge on any atom is -0.486 e. The van der Waals surface area contributed by atoms with Crippen LogP contribution >= 0.6 is 11.6 Å². The molecule has 5 heteroatoms. The summed E-state index contributed by atoms with van der Waals surface area (Å²) in [5.74, 6) is -1.67. The summed E-state index contributed by atoms with van der Waals surface area (Å²) in [6.45, 7) is 0.109. The number of carboxylic acids is 1. The zero-order valence-corrected chi connectivity index (χ0v) is 9.52. The second-order valence-corrected chi connectivity index (χ2v) is 3.25. The second kappa shape index (κ2) is 6.70. The van der Waals surface area contributed by atoms with Crippen molar-refractivity contribution in [2.75, 3.05) is 6.61 Å². The summed E-state index contributed by atoms with van der Waals surface area (Å²) in [6, 6.07) is 4.27. The molecule has 0 bridgehead atoms. The number of aliphatic carboxylic acids is 1. The van der Waals surface area contributed by atoms with Gasteiger partial charge in [-0.1, -0.05) is 23.7 Å². The van der Waals surface area contributed by atoms with Crippen molar-refractivity contribution in [1.82, 2.24) is 0 Å². The third-order valence-corrected chi connectivity index (χ3v) is 1.99. The second-order valence-electron chi connectivity index (χ2n) is 3.00. The third-order valence-electron chi connectivity index (χ3n) is 1.82. The van der Waals surface area contributed by atoms with E-state index >= 15 is 0 Å². The highest BCUT2D eigenvalue weighted by Crippen LogP contribution is 2.23. The molecule has 0 unspecified atom stereocenters. The Kier molecular flexibility index (Phi) is 5.23. The van der Waals surface area contributed by atoms with Crippen LogP contribution in [0.4, 0.5) is 4.39 Å². The molecular formula is C12H10ClFO3. The lowest BCUT2D eigenvalue weighted by Crippen LogP contribution is -1.98. The van der Waals surface area contributed by atoms with Gasteiger partial charge in [-0.2, -0.15) is 0 Å². The highest BCUT2D eigenvalue weighted by molar-refractivity contribution is 6.25. The van der Waals surface area contributed by atoms with Crippen molar-refractivity contribution in [3.63, 3.8) is 0 Å². The van der Waals surface area contributed by atoms with Crippen molar-refractivity contribution in [2.24, 2.45) is 0 Å². The Bertz CT molecular complexity index is 455. The Morgan fingerprint density at radius 2 is 2.29 bits per heavy atom. The highest BCUT2D eigenvalue weighted by Gasteiger charge is 2.07. The van der Waals surface area contributed by atoms with Crippen molar-refractivity contribution in [1.29, 1.82) is 0 Å². The number of ether oxygens (including phenoxy) is 1. The fraction of sp³-hybridized carbons (Fsp3) is 0.0833. The highest BCUT2D eigenvalue weighted by atomic mass is 35.5. The average molecular weight is 257 g/mol. The van der Waals surface area contributed by atoms with E-state index in [0.29, 0.717) is 5.56 Å². The fourth-order valence-corrected chi connectivity index (χ4v) is 1.21. The standard InChI is InChI=1S/C12H10ClFO3/c13-7-2-8-17-12-9(5-6-11(15)16)3-1-4-10(12)14/h1-7H,8H2,(H,15,16)/b6-5+,7-2+. The van der Waals surface area contributed by atoms with Crippen molar-refractivity contribution < 1.29 is 19.0 Å². The SMILES string of the molecule is O=C(O)/C=C/c1cccc(F)c1OC/C=C/Cl. The number of rotatable bonds is 5. The molecule has 0 saturated carbocycles. The molecule has 0 heterocycles. The van der Waals surface area contributed by atoms with E-state index in [2.05, 4.69) is 0 Å². The average Bonchev–Trinajstić information content (AvgIpc) is 2.29. The van der Waals surface area contributed by atoms with Crippen LogP contribution in [0, 0.1) is 5.82 Å². The van der Waals surface area contributed by atoms with Gasteiger partial charge in [0.25, 0.3) is 0 Å². The first-order chi connectivity index (χ1) is 8.15. The van der Waals surface area contributed by atoms with E-state index in [4.69, 9.17) is 21.4 Å². The van der Waals surface area contributed by atoms with E-state index in [1.165, 1.54) is 29.8 Å². The fourth-order valence-electron chi connectivity index (χ4n) is 1.14. The summed E-state index contributed by atoms with van der Waals surface area (Å²) >= 11 is 5.30. The Balaban J connectivity index is 2.95. The van der Waals surface area contributed by atoms with Crippen LogP contribution < -0.4 is 4.74 Å². The van der Waals surface area contributed by atoms with Crippen LogP contribution in [0.1, 0.15) is 5.56 Å². The van der Waals surface area contributed by atoms with Gasteiger partial charge in [0.1, 0.15) is 6.61 Å². The van der Waals surface area contributed by atoms with Gasteiger partial charge in [-0.05, 0) is 18.2 Å². The van der Waals surface area contributed by atoms with E-state index in [1.807, 2.05) is 0 Å². The van der Waals surface area contributed by atoms with E-state index in [9.17, 15) is 9.18 Å². The quantitative estimate of drug-likeness (QED) is 0.824. The number of carbonyl (C=O) groups is 1. The molecule has 17 heavy (non-hydrogen) atoms. The molecular weight excluding hydrogens is 247 g/mol. The van der Waals surface area contributed by atoms with Crippen molar-refractivity contribution in [3.8, 4) is 5.75 Å². The molecule has 1 aromatic rings. The maximum atomic E-state index is 13.4. The largest absolute Gasteiger partial charge is 0.486 e. The first kappa shape index (κ1) is 13.3. The zero-order chi connectivity index (χ0) is 12.7. The zero-order valence-electron chi connectivity index (χ0n) is 8.77. The Labute approximate surface area is 103 Å². The summed E-state index contributed by atoms with van der Waals surface area (Å²) in [5.41, 5.74) is 1.61. The lowest BCUT2D eigenvalue weighted by atomic mass is 10.2. The normalized spacial score (nSPS) is 11.2. The summed E-state index contributed by atoms with van der Waals surface area (Å²) in [7, 11) is 0. The summed E-state index contributed by atoms with van der Waals surface area (Å²) in [6.07, 6.45) is 3.68. The molecule has 0 saturated heterocycles. The topological polar surface area (TPSA) is 46.5 Å². The van der Waals surface area contributed by atoms with Crippen molar-refractivity contribution in [2.45, 2.75) is 0 Å². The molecule has 1 aromatic carbocycles. The van der Waals surface area contributed by atoms with Crippen LogP contribution in [0.25, 0.3) is 6.08 Å². The number of para-hydroxylation sites is 1. The van der Waals surface area contributed by atoms with Gasteiger partial charge in [0, 0.05) is 17.2 Å². The van der Waals surface area contributed by atoms with Crippen LogP contribution in [0.5, 0.6) is 5.75 Å². The Hall–Kier alpha value is -1.81. The van der Waals surface area contributed by atoms with Crippen molar-refractivity contribution in [3.05, 3.63) is 47.3 Å². The van der Waals surface area contributed by atoms with E-state index < -0.39 is 11.8 Å². The first-order valence-electron chi connectivity index (χ1n) is 4.72. The molecule has 1 rings (SSSR count). The third kappa shape index (κ3) is 4.28. The van der Waals surface area contributed by atoms with Crippen LogP contribution in [-0.2, 0) is 4.79 Å². The summed E-state index contributed by atoms with van der Waals surface area (Å²) < 4.78 is 18.6. The number of halogens is 2. The summed E-state index contributed by atoms with van der Waals surface area (Å²) in [5, 5.41) is 8.50. The van der Waals surface area contributed by atoms with E-state index in [-0.39, 0.29) is 12.4 Å². The molecule has 0 aliphatic heterocycles. The number of benzene rings is 1. The Morgan fingerprint density at radius 1 is 1.53 bits per heavy atom. The molecule has 90 valence electrons. The van der Waals surface area contributed by atoms with Crippen LogP contribution in [0.15, 0.2) is 35.9 Å². The van der Waals surface area contributed by atoms with E-state index in [1.54, 1.807) is 6.07 Å². The molecule has 0 amide bonds. The molecule has 1 N–H and O–H groups in total. The van der Waals surface area contributed by atoms with E-state index in [0.717, 1.165) is 6.08 Å². The van der Waals surface area contributed by atoms with Crippen LogP contribution in [0.2, 0.25) is 0 Å². The predicted octanol–water partition coefficient (Wildman–Crippen LogP) is 3.05. The van der Waals surface area contributed by atoms with Gasteiger partial charge in [0.05, 0.1) is 0 Å². The molecule has 0 aliphatic rings. The maximum Gasteiger partial charge on any atom is 0.328 e. The van der Waals surface area contributed by atoms with Gasteiger partial charge in [-0.15, -0.1) is 0 Å². The molecule has 0 spiro atoms. The smallest absolute Gasteiger partial charge is 0.328 e. The van der Waals surface area contributed by atoms with Gasteiger partial charge in [-0.25, -0.2) is 9.18 Å². The molecule has 0 atom stereocenters. The molecule has 0 radical (unpaired) electrons. The molecule has 0 aliphatic carbocycles. The minimum absolute atomic E-state index is 0.000216. The van der Waals surface area contributed by atoms with Crippen LogP contribution in [0.3, 0.4) is 0 Å². The number of hydrogen-bond acceptors (Lipinski definition) is 2. The van der Waals surface area contributed by atoms with Gasteiger partial charge >= 0.3 is 5.97 Å². The number of carboxylic acid groups (broad SMARTS) is 1. The van der Waals surface area contributed by atoms with Gasteiger partial charge in [-0.3, -0.25) is 0 Å². The minimum atomic E-state index is -1.11. The molecule has 3 nitrogen and oxygen atoms in total. The molecule has 0 aromatic heterocycles. The maximum absolute atomic E-state index is 13.4. The van der Waals surface area contributed by atoms with Crippen LogP contribution in [-0.4, -0.2) is 17.7 Å². The molecule has 0 fully saturated rings. The van der Waals surface area contributed by atoms with Gasteiger partial charge in [0.15, 0.2) is 11.6 Å². The lowest BCUT2D eigenvalue weighted by Gasteiger charge is -2.07. The predicted molar refractivity (Wildman–Crippen MR) is 63.6 cm³/mol. The van der Waals surface area contributed by atoms with Gasteiger partial charge in [0.2, 0.25) is 0 Å². The Morgan fingerprint density at radius 3 is 2.94 bits per heavy atom. The lowest BCUT2D eigenvalue weighted by molar-refractivity contribution is -0.131. The van der Waals surface area contributed by atoms with Crippen molar-refractivity contribution >= 4 is 23.6 Å². The van der Waals surface area contributed by atoms with Gasteiger partial charge < -0.3 is 9.84 Å².